The fraction of sp³-hybridized carbons (Fsp3) is 0. The minimum atomic E-state index is -1.19. The highest BCUT2D eigenvalue weighted by Gasteiger charge is 2.01. The van der Waals surface area contributed by atoms with Crippen molar-refractivity contribution >= 4 is 11.8 Å². The summed E-state index contributed by atoms with van der Waals surface area (Å²) in [5, 5.41) is 8.25. The Kier molecular flexibility index (Phi) is 3.12. The Morgan fingerprint density at radius 3 is 2.21 bits per heavy atom. The van der Waals surface area contributed by atoms with Crippen molar-refractivity contribution in [3.8, 4) is 0 Å². The Morgan fingerprint density at radius 2 is 1.71 bits per heavy atom. The normalized spacial score (nSPS) is 10.4. The van der Waals surface area contributed by atoms with E-state index in [1.165, 1.54) is 12.1 Å². The Morgan fingerprint density at radius 1 is 1.14 bits per heavy atom. The van der Waals surface area contributed by atoms with E-state index >= 15 is 0 Å². The molecule has 1 N–H and O–H groups in total. The van der Waals surface area contributed by atoms with Crippen LogP contribution in [-0.4, -0.2) is 16.9 Å². The number of ketones is 1. The zero-order chi connectivity index (χ0) is 10.6. The Labute approximate surface area is 79.5 Å². The number of carboxylic acids is 1. The van der Waals surface area contributed by atoms with Gasteiger partial charge < -0.3 is 5.11 Å². The number of carboxylic acid groups (broad SMARTS) is 1. The van der Waals surface area contributed by atoms with Gasteiger partial charge >= 0.3 is 5.97 Å². The van der Waals surface area contributed by atoms with Crippen LogP contribution in [0.1, 0.15) is 10.4 Å². The van der Waals surface area contributed by atoms with E-state index in [-0.39, 0.29) is 5.56 Å². The number of carbonyl (C=O) groups excluding carboxylic acids is 1. The molecule has 0 radical (unpaired) electrons. The maximum atomic E-state index is 12.4. The molecule has 1 rings (SSSR count). The standard InChI is InChI=1S/C10H7FO3/c11-8-3-1-7(2-4-8)9(12)5-6-10(13)14/h1-6H,(H,13,14)/b6-5+. The molecule has 1 aromatic carbocycles. The summed E-state index contributed by atoms with van der Waals surface area (Å²) in [6, 6.07) is 4.87. The Balaban J connectivity index is 2.80. The third-order valence-corrected chi connectivity index (χ3v) is 1.51. The van der Waals surface area contributed by atoms with Gasteiger partial charge in [0.25, 0.3) is 0 Å². The number of allylic oxidation sites excluding steroid dienone is 1. The molecule has 72 valence electrons. The first-order chi connectivity index (χ1) is 6.59. The van der Waals surface area contributed by atoms with Crippen molar-refractivity contribution in [3.63, 3.8) is 0 Å². The van der Waals surface area contributed by atoms with Crippen molar-refractivity contribution in [2.24, 2.45) is 0 Å². The summed E-state index contributed by atoms with van der Waals surface area (Å²) < 4.78 is 12.4. The first kappa shape index (κ1) is 10.1. The first-order valence-electron chi connectivity index (χ1n) is 3.80. The van der Waals surface area contributed by atoms with E-state index in [1.807, 2.05) is 0 Å². The van der Waals surface area contributed by atoms with Crippen molar-refractivity contribution in [1.82, 2.24) is 0 Å². The smallest absolute Gasteiger partial charge is 0.328 e. The van der Waals surface area contributed by atoms with E-state index in [4.69, 9.17) is 5.11 Å². The topological polar surface area (TPSA) is 54.4 Å². The van der Waals surface area contributed by atoms with Crippen LogP contribution >= 0.6 is 0 Å². The number of carbonyl (C=O) groups is 2. The highest BCUT2D eigenvalue weighted by atomic mass is 19.1. The van der Waals surface area contributed by atoms with Crippen LogP contribution in [0.4, 0.5) is 4.39 Å². The van der Waals surface area contributed by atoms with Gasteiger partial charge in [-0.2, -0.15) is 0 Å². The molecule has 0 amide bonds. The summed E-state index contributed by atoms with van der Waals surface area (Å²) in [7, 11) is 0. The minimum Gasteiger partial charge on any atom is -0.478 e. The van der Waals surface area contributed by atoms with Gasteiger partial charge in [0.15, 0.2) is 5.78 Å². The molecule has 4 heteroatoms. The molecule has 0 aliphatic carbocycles. The lowest BCUT2D eigenvalue weighted by atomic mass is 10.1. The maximum Gasteiger partial charge on any atom is 0.328 e. The van der Waals surface area contributed by atoms with Crippen LogP contribution in [0.25, 0.3) is 0 Å². The largest absolute Gasteiger partial charge is 0.478 e. The van der Waals surface area contributed by atoms with E-state index in [9.17, 15) is 14.0 Å². The zero-order valence-electron chi connectivity index (χ0n) is 7.11. The van der Waals surface area contributed by atoms with Crippen molar-refractivity contribution in [1.29, 1.82) is 0 Å². The molecule has 0 unspecified atom stereocenters. The first-order valence-corrected chi connectivity index (χ1v) is 3.80. The number of hydrogen-bond acceptors (Lipinski definition) is 2. The second kappa shape index (κ2) is 4.32. The van der Waals surface area contributed by atoms with Gasteiger partial charge in [0.2, 0.25) is 0 Å². The fourth-order valence-electron chi connectivity index (χ4n) is 0.857. The molecule has 0 atom stereocenters. The van der Waals surface area contributed by atoms with Gasteiger partial charge in [0.1, 0.15) is 5.82 Å². The minimum absolute atomic E-state index is 0.254. The highest BCUT2D eigenvalue weighted by molar-refractivity contribution is 6.06. The SMILES string of the molecule is O=C(O)/C=C/C(=O)c1ccc(F)cc1. The molecule has 0 spiro atoms. The van der Waals surface area contributed by atoms with Crippen LogP contribution in [0.2, 0.25) is 0 Å². The molecule has 1 aromatic rings. The van der Waals surface area contributed by atoms with Gasteiger partial charge in [-0.1, -0.05) is 0 Å². The summed E-state index contributed by atoms with van der Waals surface area (Å²) in [5.74, 6) is -2.10. The van der Waals surface area contributed by atoms with Crippen molar-refractivity contribution in [3.05, 3.63) is 47.8 Å². The van der Waals surface area contributed by atoms with E-state index in [0.717, 1.165) is 24.3 Å². The Hall–Kier alpha value is -1.97. The van der Waals surface area contributed by atoms with Gasteiger partial charge in [-0.3, -0.25) is 4.79 Å². The van der Waals surface area contributed by atoms with Gasteiger partial charge in [-0.05, 0) is 30.3 Å². The average molecular weight is 194 g/mol. The van der Waals surface area contributed by atoms with Crippen LogP contribution in [0.3, 0.4) is 0 Å². The van der Waals surface area contributed by atoms with Gasteiger partial charge in [0.05, 0.1) is 0 Å². The Bertz CT molecular complexity index is 379. The summed E-state index contributed by atoms with van der Waals surface area (Å²) in [6.45, 7) is 0. The predicted octanol–water partition coefficient (Wildman–Crippen LogP) is 1.65. The summed E-state index contributed by atoms with van der Waals surface area (Å²) in [6.07, 6.45) is 1.67. The molecule has 0 saturated carbocycles. The van der Waals surface area contributed by atoms with Crippen LogP contribution < -0.4 is 0 Å². The zero-order valence-corrected chi connectivity index (χ0v) is 7.11. The molecule has 3 nitrogen and oxygen atoms in total. The van der Waals surface area contributed by atoms with Crippen molar-refractivity contribution in [2.45, 2.75) is 0 Å². The fourth-order valence-corrected chi connectivity index (χ4v) is 0.857. The molecule has 0 aliphatic rings. The average Bonchev–Trinajstić information content (AvgIpc) is 2.15. The van der Waals surface area contributed by atoms with E-state index < -0.39 is 17.6 Å². The molecule has 0 fully saturated rings. The number of hydrogen-bond donors (Lipinski definition) is 1. The predicted molar refractivity (Wildman–Crippen MR) is 47.5 cm³/mol. The summed E-state index contributed by atoms with van der Waals surface area (Å²) >= 11 is 0. The van der Waals surface area contributed by atoms with Crippen LogP contribution in [0.5, 0.6) is 0 Å². The van der Waals surface area contributed by atoms with E-state index in [1.54, 1.807) is 0 Å². The molecule has 0 bridgehead atoms. The maximum absolute atomic E-state index is 12.4. The number of halogens is 1. The number of aliphatic carboxylic acids is 1. The molecule has 0 saturated heterocycles. The molecule has 14 heavy (non-hydrogen) atoms. The lowest BCUT2D eigenvalue weighted by Gasteiger charge is -1.93. The monoisotopic (exact) mass is 194 g/mol. The summed E-state index contributed by atoms with van der Waals surface area (Å²) in [5.41, 5.74) is 0.254. The van der Waals surface area contributed by atoms with Crippen molar-refractivity contribution < 1.29 is 19.1 Å². The van der Waals surface area contributed by atoms with Crippen molar-refractivity contribution in [2.75, 3.05) is 0 Å². The third-order valence-electron chi connectivity index (χ3n) is 1.51. The van der Waals surface area contributed by atoms with Crippen LogP contribution in [0, 0.1) is 5.82 Å². The molecule has 0 aliphatic heterocycles. The van der Waals surface area contributed by atoms with Gasteiger partial charge in [-0.15, -0.1) is 0 Å². The van der Waals surface area contributed by atoms with Gasteiger partial charge in [-0.25, -0.2) is 9.18 Å². The highest BCUT2D eigenvalue weighted by Crippen LogP contribution is 2.04. The van der Waals surface area contributed by atoms with E-state index in [0.29, 0.717) is 0 Å². The molecule has 0 heterocycles. The number of rotatable bonds is 3. The van der Waals surface area contributed by atoms with Crippen LogP contribution in [0.15, 0.2) is 36.4 Å². The third kappa shape index (κ3) is 2.82. The molecule has 0 aromatic heterocycles. The second-order valence-corrected chi connectivity index (χ2v) is 2.54. The molecular weight excluding hydrogens is 187 g/mol. The number of benzene rings is 1. The quantitative estimate of drug-likeness (QED) is 0.588. The van der Waals surface area contributed by atoms with Gasteiger partial charge in [0, 0.05) is 11.6 Å². The summed E-state index contributed by atoms with van der Waals surface area (Å²) in [4.78, 5) is 21.3. The molecular formula is C10H7FO3. The van der Waals surface area contributed by atoms with E-state index in [2.05, 4.69) is 0 Å². The lowest BCUT2D eigenvalue weighted by Crippen LogP contribution is -1.96. The van der Waals surface area contributed by atoms with Crippen LogP contribution in [-0.2, 0) is 4.79 Å². The second-order valence-electron chi connectivity index (χ2n) is 2.54. The lowest BCUT2D eigenvalue weighted by molar-refractivity contribution is -0.131.